The number of alkyl halides is 3. The van der Waals surface area contributed by atoms with Crippen LogP contribution >= 0.6 is 11.6 Å². The first-order valence-corrected chi connectivity index (χ1v) is 6.17. The van der Waals surface area contributed by atoms with Crippen LogP contribution in [-0.4, -0.2) is 12.0 Å². The molecule has 0 spiro atoms. The zero-order chi connectivity index (χ0) is 15.6. The first-order chi connectivity index (χ1) is 9.82. The van der Waals surface area contributed by atoms with Gasteiger partial charge in [-0.05, 0) is 24.3 Å². The number of hydrogen-bond acceptors (Lipinski definition) is 3. The Morgan fingerprint density at radius 3 is 2.57 bits per heavy atom. The molecule has 1 aromatic heterocycles. The Morgan fingerprint density at radius 1 is 1.29 bits per heavy atom. The Balaban J connectivity index is 2.40. The average Bonchev–Trinajstić information content (AvgIpc) is 2.45. The van der Waals surface area contributed by atoms with Crippen molar-refractivity contribution in [1.29, 1.82) is 5.26 Å². The van der Waals surface area contributed by atoms with Crippen LogP contribution in [0.5, 0.6) is 0 Å². The van der Waals surface area contributed by atoms with Crippen LogP contribution < -0.4 is 4.90 Å². The molecule has 0 bridgehead atoms. The molecule has 7 heteroatoms. The molecule has 0 amide bonds. The maximum Gasteiger partial charge on any atom is 0.417 e. The van der Waals surface area contributed by atoms with Gasteiger partial charge in [-0.2, -0.15) is 18.4 Å². The van der Waals surface area contributed by atoms with E-state index in [-0.39, 0.29) is 10.8 Å². The highest BCUT2D eigenvalue weighted by Gasteiger charge is 2.31. The minimum absolute atomic E-state index is 0.116. The SMILES string of the molecule is CN(c1cccc(C#N)c1)c1ncc(C(F)(F)F)cc1Cl. The van der Waals surface area contributed by atoms with E-state index in [1.807, 2.05) is 6.07 Å². The number of nitriles is 1. The van der Waals surface area contributed by atoms with Gasteiger partial charge >= 0.3 is 6.18 Å². The number of nitrogens with zero attached hydrogens (tertiary/aromatic N) is 3. The topological polar surface area (TPSA) is 39.9 Å². The van der Waals surface area contributed by atoms with Gasteiger partial charge in [-0.1, -0.05) is 17.7 Å². The Labute approximate surface area is 124 Å². The van der Waals surface area contributed by atoms with Crippen LogP contribution in [0.3, 0.4) is 0 Å². The van der Waals surface area contributed by atoms with Crippen molar-refractivity contribution in [1.82, 2.24) is 4.98 Å². The van der Waals surface area contributed by atoms with E-state index in [9.17, 15) is 13.2 Å². The van der Waals surface area contributed by atoms with Crippen LogP contribution in [0, 0.1) is 11.3 Å². The second kappa shape index (κ2) is 5.62. The summed E-state index contributed by atoms with van der Waals surface area (Å²) in [5.74, 6) is 0.180. The molecule has 0 unspecified atom stereocenters. The molecule has 0 aliphatic carbocycles. The Kier molecular flexibility index (Phi) is 4.05. The quantitative estimate of drug-likeness (QED) is 0.825. The van der Waals surface area contributed by atoms with E-state index in [4.69, 9.17) is 16.9 Å². The lowest BCUT2D eigenvalue weighted by atomic mass is 10.2. The molecule has 0 N–H and O–H groups in total. The van der Waals surface area contributed by atoms with Crippen LogP contribution in [0.4, 0.5) is 24.7 Å². The largest absolute Gasteiger partial charge is 0.417 e. The summed E-state index contributed by atoms with van der Waals surface area (Å²) < 4.78 is 37.7. The summed E-state index contributed by atoms with van der Waals surface area (Å²) in [6, 6.07) is 9.41. The number of rotatable bonds is 2. The van der Waals surface area contributed by atoms with Crippen molar-refractivity contribution in [2.75, 3.05) is 11.9 Å². The van der Waals surface area contributed by atoms with Gasteiger partial charge in [0, 0.05) is 18.9 Å². The fourth-order valence-corrected chi connectivity index (χ4v) is 2.03. The van der Waals surface area contributed by atoms with Gasteiger partial charge in [0.05, 0.1) is 22.2 Å². The predicted molar refractivity (Wildman–Crippen MR) is 73.5 cm³/mol. The number of aromatic nitrogens is 1. The summed E-state index contributed by atoms with van der Waals surface area (Å²) in [7, 11) is 1.61. The van der Waals surface area contributed by atoms with E-state index in [0.717, 1.165) is 12.3 Å². The molecule has 2 aromatic rings. The fourth-order valence-electron chi connectivity index (χ4n) is 1.74. The van der Waals surface area contributed by atoms with Gasteiger partial charge in [-0.25, -0.2) is 4.98 Å². The van der Waals surface area contributed by atoms with Crippen molar-refractivity contribution in [3.05, 3.63) is 52.7 Å². The smallest absolute Gasteiger partial charge is 0.328 e. The average molecular weight is 312 g/mol. The lowest BCUT2D eigenvalue weighted by molar-refractivity contribution is -0.137. The molecule has 0 saturated carbocycles. The first-order valence-electron chi connectivity index (χ1n) is 5.79. The normalized spacial score (nSPS) is 11.0. The highest BCUT2D eigenvalue weighted by molar-refractivity contribution is 6.33. The molecule has 3 nitrogen and oxygen atoms in total. The van der Waals surface area contributed by atoms with Crippen LogP contribution in [0.1, 0.15) is 11.1 Å². The van der Waals surface area contributed by atoms with Gasteiger partial charge < -0.3 is 4.90 Å². The highest BCUT2D eigenvalue weighted by atomic mass is 35.5. The molecule has 0 atom stereocenters. The van der Waals surface area contributed by atoms with E-state index in [1.165, 1.54) is 4.90 Å². The fraction of sp³-hybridized carbons (Fsp3) is 0.143. The first kappa shape index (κ1) is 15.1. The number of anilines is 2. The molecule has 0 fully saturated rings. The number of halogens is 4. The molecule has 0 radical (unpaired) electrons. The number of benzene rings is 1. The molecule has 0 aliphatic rings. The second-order valence-corrected chi connectivity index (χ2v) is 4.66. The van der Waals surface area contributed by atoms with Gasteiger partial charge in [-0.3, -0.25) is 0 Å². The summed E-state index contributed by atoms with van der Waals surface area (Å²) in [4.78, 5) is 5.28. The van der Waals surface area contributed by atoms with Crippen LogP contribution in [-0.2, 0) is 6.18 Å². The maximum absolute atomic E-state index is 12.6. The summed E-state index contributed by atoms with van der Waals surface area (Å²) in [6.45, 7) is 0. The Hall–Kier alpha value is -2.26. The van der Waals surface area contributed by atoms with Gasteiger partial charge in [0.2, 0.25) is 0 Å². The summed E-state index contributed by atoms with van der Waals surface area (Å²) >= 11 is 5.88. The van der Waals surface area contributed by atoms with Gasteiger partial charge in [0.25, 0.3) is 0 Å². The molecule has 1 aromatic carbocycles. The van der Waals surface area contributed by atoms with Crippen molar-refractivity contribution in [2.24, 2.45) is 0 Å². The standard InChI is InChI=1S/C14H9ClF3N3/c1-21(11-4-2-3-9(5-11)7-19)13-12(15)6-10(8-20-13)14(16,17)18/h2-6,8H,1H3. The molecular weight excluding hydrogens is 303 g/mol. The second-order valence-electron chi connectivity index (χ2n) is 4.25. The van der Waals surface area contributed by atoms with E-state index in [1.54, 1.807) is 31.3 Å². The number of pyridine rings is 1. The lowest BCUT2D eigenvalue weighted by Gasteiger charge is -2.20. The van der Waals surface area contributed by atoms with Crippen LogP contribution in [0.25, 0.3) is 0 Å². The van der Waals surface area contributed by atoms with Crippen molar-refractivity contribution in [3.8, 4) is 6.07 Å². The van der Waals surface area contributed by atoms with Crippen molar-refractivity contribution in [3.63, 3.8) is 0 Å². The minimum Gasteiger partial charge on any atom is -0.328 e. The highest BCUT2D eigenvalue weighted by Crippen LogP contribution is 2.35. The van der Waals surface area contributed by atoms with Crippen LogP contribution in [0.15, 0.2) is 36.5 Å². The third kappa shape index (κ3) is 3.26. The summed E-state index contributed by atoms with van der Waals surface area (Å²) in [6.07, 6.45) is -3.76. The Morgan fingerprint density at radius 2 is 2.00 bits per heavy atom. The molecule has 21 heavy (non-hydrogen) atoms. The monoisotopic (exact) mass is 311 g/mol. The predicted octanol–water partition coefficient (Wildman–Crippen LogP) is 4.39. The van der Waals surface area contributed by atoms with Gasteiger partial charge in [0.1, 0.15) is 0 Å². The van der Waals surface area contributed by atoms with Crippen LogP contribution in [0.2, 0.25) is 5.02 Å². The molecule has 2 rings (SSSR count). The zero-order valence-electron chi connectivity index (χ0n) is 10.8. The number of hydrogen-bond donors (Lipinski definition) is 0. The summed E-state index contributed by atoms with van der Waals surface area (Å²) in [5.41, 5.74) is 0.126. The van der Waals surface area contributed by atoms with Crippen molar-refractivity contribution in [2.45, 2.75) is 6.18 Å². The lowest BCUT2D eigenvalue weighted by Crippen LogP contribution is -2.13. The van der Waals surface area contributed by atoms with Crippen molar-refractivity contribution >= 4 is 23.1 Å². The summed E-state index contributed by atoms with van der Waals surface area (Å²) in [5, 5.41) is 8.74. The Bertz CT molecular complexity index is 707. The van der Waals surface area contributed by atoms with E-state index in [0.29, 0.717) is 11.3 Å². The third-order valence-corrected chi connectivity index (χ3v) is 3.11. The van der Waals surface area contributed by atoms with Gasteiger partial charge in [0.15, 0.2) is 5.82 Å². The van der Waals surface area contributed by atoms with E-state index >= 15 is 0 Å². The van der Waals surface area contributed by atoms with Crippen molar-refractivity contribution < 1.29 is 13.2 Å². The molecule has 1 heterocycles. The minimum atomic E-state index is -4.49. The molecular formula is C14H9ClF3N3. The zero-order valence-corrected chi connectivity index (χ0v) is 11.6. The van der Waals surface area contributed by atoms with Gasteiger partial charge in [-0.15, -0.1) is 0 Å². The maximum atomic E-state index is 12.6. The molecule has 0 saturated heterocycles. The third-order valence-electron chi connectivity index (χ3n) is 2.83. The molecule has 108 valence electrons. The van der Waals surface area contributed by atoms with E-state index < -0.39 is 11.7 Å². The molecule has 0 aliphatic heterocycles. The van der Waals surface area contributed by atoms with E-state index in [2.05, 4.69) is 4.98 Å².